The largest absolute Gasteiger partial charge is 0.378 e. The Labute approximate surface area is 123 Å². The Morgan fingerprint density at radius 3 is 3.05 bits per heavy atom. The third kappa shape index (κ3) is 2.75. The maximum atomic E-state index is 12.5. The zero-order valence-electron chi connectivity index (χ0n) is 12.1. The number of rotatable bonds is 1. The van der Waals surface area contributed by atoms with Gasteiger partial charge < -0.3 is 9.64 Å². The lowest BCUT2D eigenvalue weighted by Gasteiger charge is -2.43. The molecule has 110 valence electrons. The minimum Gasteiger partial charge on any atom is -0.378 e. The van der Waals surface area contributed by atoms with Gasteiger partial charge in [0.1, 0.15) is 11.8 Å². The van der Waals surface area contributed by atoms with Crippen LogP contribution < -0.4 is 0 Å². The van der Waals surface area contributed by atoms with Crippen LogP contribution in [-0.4, -0.2) is 66.1 Å². The summed E-state index contributed by atoms with van der Waals surface area (Å²) in [4.78, 5) is 21.0. The number of aryl methyl sites for hydroxylation is 1. The first-order chi connectivity index (χ1) is 10.2. The highest BCUT2D eigenvalue weighted by Gasteiger charge is 2.32. The lowest BCUT2D eigenvalue weighted by atomic mass is 10.1. The van der Waals surface area contributed by atoms with Crippen molar-refractivity contribution in [1.29, 1.82) is 5.26 Å². The minimum absolute atomic E-state index is 0.0622. The summed E-state index contributed by atoms with van der Waals surface area (Å²) >= 11 is 0. The molecule has 2 aliphatic rings. The first-order valence-corrected chi connectivity index (χ1v) is 7.18. The van der Waals surface area contributed by atoms with Gasteiger partial charge in [-0.1, -0.05) is 0 Å². The van der Waals surface area contributed by atoms with Gasteiger partial charge in [0.2, 0.25) is 0 Å². The predicted octanol–water partition coefficient (Wildman–Crippen LogP) is 0.418. The lowest BCUT2D eigenvalue weighted by molar-refractivity contribution is -0.0395. The standard InChI is InChI=1S/C15H18N4O2/c1-11-12(8-16)2-3-14(17-11)15(20)19-5-4-18-6-7-21-10-13(18)9-19/h2-3,13H,4-7,9-10H2,1H3. The zero-order valence-corrected chi connectivity index (χ0v) is 12.1. The van der Waals surface area contributed by atoms with Crippen molar-refractivity contribution in [2.75, 3.05) is 39.4 Å². The third-order valence-corrected chi connectivity index (χ3v) is 4.15. The van der Waals surface area contributed by atoms with Gasteiger partial charge in [0.15, 0.2) is 0 Å². The van der Waals surface area contributed by atoms with Gasteiger partial charge in [0.25, 0.3) is 5.91 Å². The molecule has 6 nitrogen and oxygen atoms in total. The Morgan fingerprint density at radius 2 is 2.29 bits per heavy atom. The quantitative estimate of drug-likeness (QED) is 0.748. The molecule has 3 heterocycles. The second-order valence-corrected chi connectivity index (χ2v) is 5.46. The molecule has 0 aromatic carbocycles. The Morgan fingerprint density at radius 1 is 1.43 bits per heavy atom. The lowest BCUT2D eigenvalue weighted by Crippen LogP contribution is -2.59. The highest BCUT2D eigenvalue weighted by Crippen LogP contribution is 2.16. The Balaban J connectivity index is 1.73. The molecule has 6 heteroatoms. The van der Waals surface area contributed by atoms with Gasteiger partial charge in [-0.15, -0.1) is 0 Å². The van der Waals surface area contributed by atoms with Crippen LogP contribution in [0.5, 0.6) is 0 Å². The molecule has 0 saturated carbocycles. The number of nitriles is 1. The number of aromatic nitrogens is 1. The van der Waals surface area contributed by atoms with E-state index in [1.807, 2.05) is 4.90 Å². The van der Waals surface area contributed by atoms with E-state index in [1.165, 1.54) is 0 Å². The van der Waals surface area contributed by atoms with Gasteiger partial charge in [-0.3, -0.25) is 9.69 Å². The molecule has 0 spiro atoms. The molecular formula is C15H18N4O2. The molecule has 1 amide bonds. The number of fused-ring (bicyclic) bond motifs is 1. The number of carbonyl (C=O) groups is 1. The average molecular weight is 286 g/mol. The Hall–Kier alpha value is -1.97. The van der Waals surface area contributed by atoms with Crippen LogP contribution in [0, 0.1) is 18.3 Å². The Kier molecular flexibility index (Phi) is 3.86. The maximum Gasteiger partial charge on any atom is 0.272 e. The first-order valence-electron chi connectivity index (χ1n) is 7.18. The number of carbonyl (C=O) groups excluding carboxylic acids is 1. The summed E-state index contributed by atoms with van der Waals surface area (Å²) in [5, 5.41) is 8.92. The summed E-state index contributed by atoms with van der Waals surface area (Å²) in [5.41, 5.74) is 1.52. The van der Waals surface area contributed by atoms with Gasteiger partial charge >= 0.3 is 0 Å². The number of hydrogen-bond donors (Lipinski definition) is 0. The normalized spacial score (nSPS) is 22.5. The second-order valence-electron chi connectivity index (χ2n) is 5.46. The van der Waals surface area contributed by atoms with Crippen molar-refractivity contribution in [2.24, 2.45) is 0 Å². The molecule has 1 aromatic heterocycles. The van der Waals surface area contributed by atoms with E-state index in [9.17, 15) is 4.79 Å². The topological polar surface area (TPSA) is 69.5 Å². The minimum atomic E-state index is -0.0622. The van der Waals surface area contributed by atoms with Gasteiger partial charge in [-0.25, -0.2) is 4.98 Å². The number of amides is 1. The van der Waals surface area contributed by atoms with Crippen LogP contribution >= 0.6 is 0 Å². The predicted molar refractivity (Wildman–Crippen MR) is 75.8 cm³/mol. The van der Waals surface area contributed by atoms with Gasteiger partial charge in [0.05, 0.1) is 30.5 Å². The number of pyridine rings is 1. The van der Waals surface area contributed by atoms with Crippen molar-refractivity contribution >= 4 is 5.91 Å². The van der Waals surface area contributed by atoms with E-state index in [2.05, 4.69) is 16.0 Å². The summed E-state index contributed by atoms with van der Waals surface area (Å²) in [7, 11) is 0. The van der Waals surface area contributed by atoms with Crippen LogP contribution in [0.4, 0.5) is 0 Å². The van der Waals surface area contributed by atoms with E-state index in [1.54, 1.807) is 19.1 Å². The van der Waals surface area contributed by atoms with Crippen molar-refractivity contribution in [2.45, 2.75) is 13.0 Å². The number of nitrogens with zero attached hydrogens (tertiary/aromatic N) is 4. The molecule has 0 bridgehead atoms. The zero-order chi connectivity index (χ0) is 14.8. The third-order valence-electron chi connectivity index (χ3n) is 4.15. The number of ether oxygens (including phenoxy) is 1. The molecule has 21 heavy (non-hydrogen) atoms. The molecule has 1 atom stereocenters. The Bertz CT molecular complexity index is 596. The summed E-state index contributed by atoms with van der Waals surface area (Å²) in [5.74, 6) is -0.0622. The van der Waals surface area contributed by atoms with Crippen molar-refractivity contribution in [3.05, 3.63) is 29.1 Å². The monoisotopic (exact) mass is 286 g/mol. The second kappa shape index (κ2) is 5.80. The van der Waals surface area contributed by atoms with Crippen LogP contribution in [0.25, 0.3) is 0 Å². The number of piperazine rings is 1. The first kappa shape index (κ1) is 14.0. The van der Waals surface area contributed by atoms with Crippen LogP contribution in [0.1, 0.15) is 21.7 Å². The highest BCUT2D eigenvalue weighted by atomic mass is 16.5. The fraction of sp³-hybridized carbons (Fsp3) is 0.533. The molecule has 0 aliphatic carbocycles. The summed E-state index contributed by atoms with van der Waals surface area (Å²) in [6.45, 7) is 6.44. The average Bonchev–Trinajstić information content (AvgIpc) is 2.53. The summed E-state index contributed by atoms with van der Waals surface area (Å²) in [6, 6.07) is 5.65. The van der Waals surface area contributed by atoms with E-state index < -0.39 is 0 Å². The van der Waals surface area contributed by atoms with Gasteiger partial charge in [0, 0.05) is 26.2 Å². The summed E-state index contributed by atoms with van der Waals surface area (Å²) < 4.78 is 5.49. The van der Waals surface area contributed by atoms with Crippen LogP contribution in [-0.2, 0) is 4.74 Å². The molecule has 2 aliphatic heterocycles. The van der Waals surface area contributed by atoms with Crippen LogP contribution in [0.3, 0.4) is 0 Å². The van der Waals surface area contributed by atoms with Gasteiger partial charge in [-0.2, -0.15) is 5.26 Å². The molecular weight excluding hydrogens is 268 g/mol. The molecule has 1 aromatic rings. The smallest absolute Gasteiger partial charge is 0.272 e. The van der Waals surface area contributed by atoms with Crippen molar-refractivity contribution in [3.63, 3.8) is 0 Å². The molecule has 0 radical (unpaired) electrons. The fourth-order valence-electron chi connectivity index (χ4n) is 2.89. The molecule has 2 saturated heterocycles. The van der Waals surface area contributed by atoms with Crippen molar-refractivity contribution < 1.29 is 9.53 Å². The molecule has 2 fully saturated rings. The van der Waals surface area contributed by atoms with E-state index in [0.717, 1.165) is 26.2 Å². The SMILES string of the molecule is Cc1nc(C(=O)N2CCN3CCOCC3C2)ccc1C#N. The number of morpholine rings is 1. The van der Waals surface area contributed by atoms with E-state index in [0.29, 0.717) is 30.1 Å². The molecule has 1 unspecified atom stereocenters. The number of hydrogen-bond acceptors (Lipinski definition) is 5. The van der Waals surface area contributed by atoms with Gasteiger partial charge in [-0.05, 0) is 19.1 Å². The fourth-order valence-corrected chi connectivity index (χ4v) is 2.89. The highest BCUT2D eigenvalue weighted by molar-refractivity contribution is 5.92. The molecule has 3 rings (SSSR count). The van der Waals surface area contributed by atoms with Crippen molar-refractivity contribution in [3.8, 4) is 6.07 Å². The molecule has 0 N–H and O–H groups in total. The van der Waals surface area contributed by atoms with Crippen LogP contribution in [0.15, 0.2) is 12.1 Å². The van der Waals surface area contributed by atoms with Crippen molar-refractivity contribution in [1.82, 2.24) is 14.8 Å². The van der Waals surface area contributed by atoms with E-state index in [-0.39, 0.29) is 11.9 Å². The maximum absolute atomic E-state index is 12.5. The van der Waals surface area contributed by atoms with E-state index in [4.69, 9.17) is 10.00 Å². The van der Waals surface area contributed by atoms with Crippen LogP contribution in [0.2, 0.25) is 0 Å². The van der Waals surface area contributed by atoms with E-state index >= 15 is 0 Å². The summed E-state index contributed by atoms with van der Waals surface area (Å²) in [6.07, 6.45) is 0.